The minimum Gasteiger partial charge on any atom is -0.469 e. The number of benzene rings is 1. The zero-order valence-corrected chi connectivity index (χ0v) is 12.4. The lowest BCUT2D eigenvalue weighted by Gasteiger charge is -2.15. The van der Waals surface area contributed by atoms with E-state index < -0.39 is 0 Å². The first-order valence-corrected chi connectivity index (χ1v) is 7.60. The Morgan fingerprint density at radius 1 is 1.42 bits per heavy atom. The molecule has 1 saturated carbocycles. The van der Waals surface area contributed by atoms with Crippen LogP contribution in [0.5, 0.6) is 0 Å². The van der Waals surface area contributed by atoms with Crippen LogP contribution in [0, 0.1) is 5.41 Å². The predicted molar refractivity (Wildman–Crippen MR) is 78.2 cm³/mol. The monoisotopic (exact) mass is 279 g/mol. The topological polar surface area (TPSA) is 38.3 Å². The standard InChI is InChI=1S/C15H21NO2S/c1-16-10-12-5-3-4-6-13(12)19-11-15(7-8-15)9-14(17)18-2/h3-6,16H,7-11H2,1-2H3. The van der Waals surface area contributed by atoms with E-state index in [0.717, 1.165) is 25.1 Å². The van der Waals surface area contributed by atoms with E-state index in [4.69, 9.17) is 4.74 Å². The molecule has 0 unspecified atom stereocenters. The van der Waals surface area contributed by atoms with Crippen molar-refractivity contribution in [2.75, 3.05) is 19.9 Å². The van der Waals surface area contributed by atoms with Crippen LogP contribution in [0.3, 0.4) is 0 Å². The van der Waals surface area contributed by atoms with Gasteiger partial charge in [0.25, 0.3) is 0 Å². The molecule has 0 aliphatic heterocycles. The summed E-state index contributed by atoms with van der Waals surface area (Å²) in [7, 11) is 3.43. The van der Waals surface area contributed by atoms with Crippen LogP contribution in [0.4, 0.5) is 0 Å². The molecule has 1 aliphatic rings. The number of methoxy groups -OCH3 is 1. The van der Waals surface area contributed by atoms with Gasteiger partial charge in [-0.2, -0.15) is 0 Å². The second-order valence-electron chi connectivity index (χ2n) is 5.18. The summed E-state index contributed by atoms with van der Waals surface area (Å²) in [4.78, 5) is 12.7. The molecule has 104 valence electrons. The van der Waals surface area contributed by atoms with Crippen molar-refractivity contribution in [1.82, 2.24) is 5.32 Å². The van der Waals surface area contributed by atoms with Crippen molar-refractivity contribution in [3.63, 3.8) is 0 Å². The molecule has 0 spiro atoms. The van der Waals surface area contributed by atoms with Gasteiger partial charge in [0.15, 0.2) is 0 Å². The summed E-state index contributed by atoms with van der Waals surface area (Å²) in [6, 6.07) is 8.45. The molecule has 19 heavy (non-hydrogen) atoms. The van der Waals surface area contributed by atoms with Gasteiger partial charge in [-0.05, 0) is 36.9 Å². The number of hydrogen-bond acceptors (Lipinski definition) is 4. The van der Waals surface area contributed by atoms with Gasteiger partial charge in [-0.15, -0.1) is 11.8 Å². The van der Waals surface area contributed by atoms with E-state index in [0.29, 0.717) is 6.42 Å². The third-order valence-corrected chi connectivity index (χ3v) is 5.04. The van der Waals surface area contributed by atoms with E-state index in [1.165, 1.54) is 17.6 Å². The Morgan fingerprint density at radius 2 is 2.16 bits per heavy atom. The first-order valence-electron chi connectivity index (χ1n) is 6.61. The largest absolute Gasteiger partial charge is 0.469 e. The minimum atomic E-state index is -0.0818. The van der Waals surface area contributed by atoms with Crippen LogP contribution in [0.25, 0.3) is 0 Å². The van der Waals surface area contributed by atoms with Gasteiger partial charge in [0.05, 0.1) is 13.5 Å². The maximum atomic E-state index is 11.4. The maximum Gasteiger partial charge on any atom is 0.306 e. The molecule has 0 heterocycles. The van der Waals surface area contributed by atoms with Gasteiger partial charge >= 0.3 is 5.97 Å². The quantitative estimate of drug-likeness (QED) is 0.615. The molecule has 0 bridgehead atoms. The first kappa shape index (κ1) is 14.4. The van der Waals surface area contributed by atoms with Crippen molar-refractivity contribution in [3.05, 3.63) is 29.8 Å². The Labute approximate surface area is 119 Å². The summed E-state index contributed by atoms with van der Waals surface area (Å²) in [6.45, 7) is 0.882. The second-order valence-corrected chi connectivity index (χ2v) is 6.20. The van der Waals surface area contributed by atoms with Crippen molar-refractivity contribution < 1.29 is 9.53 Å². The fraction of sp³-hybridized carbons (Fsp3) is 0.533. The molecule has 0 amide bonds. The Balaban J connectivity index is 1.93. The molecule has 2 rings (SSSR count). The van der Waals surface area contributed by atoms with Gasteiger partial charge in [0, 0.05) is 17.2 Å². The molecule has 0 aromatic heterocycles. The van der Waals surface area contributed by atoms with Crippen molar-refractivity contribution in [2.24, 2.45) is 5.41 Å². The van der Waals surface area contributed by atoms with Crippen molar-refractivity contribution in [3.8, 4) is 0 Å². The summed E-state index contributed by atoms with van der Waals surface area (Å²) in [6.07, 6.45) is 2.84. The normalized spacial score (nSPS) is 16.1. The summed E-state index contributed by atoms with van der Waals surface area (Å²) in [5.41, 5.74) is 1.51. The molecule has 4 heteroatoms. The van der Waals surface area contributed by atoms with Crippen molar-refractivity contribution in [2.45, 2.75) is 30.7 Å². The zero-order valence-electron chi connectivity index (χ0n) is 11.6. The molecule has 1 aromatic rings. The number of esters is 1. The molecule has 0 saturated heterocycles. The molecule has 3 nitrogen and oxygen atoms in total. The van der Waals surface area contributed by atoms with Crippen LogP contribution in [0.2, 0.25) is 0 Å². The van der Waals surface area contributed by atoms with Gasteiger partial charge in [-0.3, -0.25) is 4.79 Å². The van der Waals surface area contributed by atoms with Crippen LogP contribution in [-0.2, 0) is 16.1 Å². The number of ether oxygens (including phenoxy) is 1. The first-order chi connectivity index (χ1) is 9.19. The summed E-state index contributed by atoms with van der Waals surface area (Å²) < 4.78 is 4.78. The van der Waals surface area contributed by atoms with E-state index >= 15 is 0 Å². The van der Waals surface area contributed by atoms with Crippen LogP contribution >= 0.6 is 11.8 Å². The maximum absolute atomic E-state index is 11.4. The van der Waals surface area contributed by atoms with Gasteiger partial charge in [0.2, 0.25) is 0 Å². The summed E-state index contributed by atoms with van der Waals surface area (Å²) >= 11 is 1.86. The Bertz CT molecular complexity index is 444. The number of carbonyl (C=O) groups is 1. The van der Waals surface area contributed by atoms with Crippen LogP contribution in [0.1, 0.15) is 24.8 Å². The average molecular weight is 279 g/mol. The molecule has 1 aromatic carbocycles. The average Bonchev–Trinajstić information content (AvgIpc) is 3.18. The highest BCUT2D eigenvalue weighted by Gasteiger charge is 2.44. The molecule has 1 N–H and O–H groups in total. The molecule has 0 atom stereocenters. The molecule has 1 aliphatic carbocycles. The summed E-state index contributed by atoms with van der Waals surface area (Å²) in [5.74, 6) is 0.921. The number of thioether (sulfide) groups is 1. The van der Waals surface area contributed by atoms with Gasteiger partial charge in [-0.25, -0.2) is 0 Å². The van der Waals surface area contributed by atoms with E-state index in [9.17, 15) is 4.79 Å². The predicted octanol–water partition coefficient (Wildman–Crippen LogP) is 2.84. The van der Waals surface area contributed by atoms with Crippen molar-refractivity contribution >= 4 is 17.7 Å². The van der Waals surface area contributed by atoms with E-state index in [1.807, 2.05) is 18.8 Å². The highest BCUT2D eigenvalue weighted by atomic mass is 32.2. The van der Waals surface area contributed by atoms with Crippen molar-refractivity contribution in [1.29, 1.82) is 0 Å². The zero-order chi connectivity index (χ0) is 13.7. The van der Waals surface area contributed by atoms with Gasteiger partial charge < -0.3 is 10.1 Å². The number of nitrogens with one attached hydrogen (secondary N) is 1. The molecule has 0 radical (unpaired) electrons. The van der Waals surface area contributed by atoms with E-state index in [1.54, 1.807) is 0 Å². The smallest absolute Gasteiger partial charge is 0.306 e. The molecule has 1 fully saturated rings. The Morgan fingerprint density at radius 3 is 2.79 bits per heavy atom. The molecular formula is C15H21NO2S. The highest BCUT2D eigenvalue weighted by Crippen LogP contribution is 2.52. The minimum absolute atomic E-state index is 0.0818. The Kier molecular flexibility index (Phi) is 4.88. The van der Waals surface area contributed by atoms with E-state index in [-0.39, 0.29) is 11.4 Å². The molecular weight excluding hydrogens is 258 g/mol. The van der Waals surface area contributed by atoms with Crippen LogP contribution in [-0.4, -0.2) is 25.9 Å². The number of hydrogen-bond donors (Lipinski definition) is 1. The van der Waals surface area contributed by atoms with E-state index in [2.05, 4.69) is 29.6 Å². The van der Waals surface area contributed by atoms with Crippen LogP contribution in [0.15, 0.2) is 29.2 Å². The second kappa shape index (κ2) is 6.44. The fourth-order valence-electron chi connectivity index (χ4n) is 2.14. The highest BCUT2D eigenvalue weighted by molar-refractivity contribution is 7.99. The number of carbonyl (C=O) groups excluding carboxylic acids is 1. The Hall–Kier alpha value is -1.00. The fourth-order valence-corrected chi connectivity index (χ4v) is 3.49. The summed E-state index contributed by atoms with van der Waals surface area (Å²) in [5, 5.41) is 3.19. The lowest BCUT2D eigenvalue weighted by atomic mass is 10.1. The van der Waals surface area contributed by atoms with Gasteiger partial charge in [-0.1, -0.05) is 18.2 Å². The lowest BCUT2D eigenvalue weighted by Crippen LogP contribution is -2.13. The third-order valence-electron chi connectivity index (χ3n) is 3.58. The SMILES string of the molecule is CNCc1ccccc1SCC1(CC(=O)OC)CC1. The van der Waals surface area contributed by atoms with Crippen LogP contribution < -0.4 is 5.32 Å². The third kappa shape index (κ3) is 3.98. The van der Waals surface area contributed by atoms with Gasteiger partial charge in [0.1, 0.15) is 0 Å². The number of rotatable bonds is 7. The lowest BCUT2D eigenvalue weighted by molar-refractivity contribution is -0.141.